The summed E-state index contributed by atoms with van der Waals surface area (Å²) in [4.78, 5) is 21.7. The van der Waals surface area contributed by atoms with Crippen molar-refractivity contribution in [3.05, 3.63) is 0 Å². The van der Waals surface area contributed by atoms with Gasteiger partial charge in [0.2, 0.25) is 5.91 Å². The van der Waals surface area contributed by atoms with Crippen LogP contribution in [-0.4, -0.2) is 37.6 Å². The quantitative estimate of drug-likeness (QED) is 0.526. The normalized spacial score (nSPS) is 10.2. The molecule has 0 aliphatic rings. The number of imide groups is 1. The molecule has 6 heteroatoms. The molecule has 0 atom stereocenters. The van der Waals surface area contributed by atoms with Crippen LogP contribution in [0.2, 0.25) is 0 Å². The van der Waals surface area contributed by atoms with E-state index >= 15 is 0 Å². The molecule has 16 heavy (non-hydrogen) atoms. The number of halogens is 1. The van der Waals surface area contributed by atoms with Gasteiger partial charge >= 0.3 is 6.03 Å². The summed E-state index contributed by atoms with van der Waals surface area (Å²) in [6.45, 7) is 5.73. The zero-order chi connectivity index (χ0) is 12.4. The van der Waals surface area contributed by atoms with Gasteiger partial charge in [0.05, 0.1) is 6.61 Å². The van der Waals surface area contributed by atoms with Crippen LogP contribution in [0.25, 0.3) is 0 Å². The van der Waals surface area contributed by atoms with E-state index in [-0.39, 0.29) is 5.88 Å². The molecular weight excluding hydrogens is 232 g/mol. The van der Waals surface area contributed by atoms with Gasteiger partial charge in [-0.05, 0) is 12.3 Å². The van der Waals surface area contributed by atoms with Crippen LogP contribution in [0, 0.1) is 5.92 Å². The van der Waals surface area contributed by atoms with E-state index in [1.54, 1.807) is 0 Å². The van der Waals surface area contributed by atoms with Crippen molar-refractivity contribution in [1.82, 2.24) is 10.6 Å². The number of hydrogen-bond acceptors (Lipinski definition) is 3. The zero-order valence-electron chi connectivity index (χ0n) is 9.72. The molecule has 0 aromatic heterocycles. The van der Waals surface area contributed by atoms with Crippen molar-refractivity contribution in [1.29, 1.82) is 0 Å². The molecule has 5 nitrogen and oxygen atoms in total. The third kappa shape index (κ3) is 9.73. The van der Waals surface area contributed by atoms with Crippen LogP contribution < -0.4 is 10.6 Å². The number of alkyl halides is 1. The second-order valence-corrected chi connectivity index (χ2v) is 4.00. The Labute approximate surface area is 101 Å². The molecule has 0 aliphatic heterocycles. The van der Waals surface area contributed by atoms with Gasteiger partial charge in [0.25, 0.3) is 0 Å². The Morgan fingerprint density at radius 2 is 2.00 bits per heavy atom. The highest BCUT2D eigenvalue weighted by Gasteiger charge is 2.04. The summed E-state index contributed by atoms with van der Waals surface area (Å²) in [6.07, 6.45) is 0.997. The first-order chi connectivity index (χ1) is 7.56. The Bertz CT molecular complexity index is 222. The van der Waals surface area contributed by atoms with Gasteiger partial charge < -0.3 is 10.1 Å². The molecule has 94 valence electrons. The Morgan fingerprint density at radius 1 is 1.31 bits per heavy atom. The summed E-state index contributed by atoms with van der Waals surface area (Å²) in [7, 11) is 0. The lowest BCUT2D eigenvalue weighted by Gasteiger charge is -2.07. The number of amides is 3. The minimum atomic E-state index is -0.543. The van der Waals surface area contributed by atoms with Crippen molar-refractivity contribution in [2.24, 2.45) is 5.92 Å². The van der Waals surface area contributed by atoms with Gasteiger partial charge in [0.15, 0.2) is 0 Å². The van der Waals surface area contributed by atoms with E-state index in [0.717, 1.165) is 6.42 Å². The zero-order valence-corrected chi connectivity index (χ0v) is 10.5. The van der Waals surface area contributed by atoms with E-state index in [4.69, 9.17) is 16.3 Å². The minimum absolute atomic E-state index is 0.224. The van der Waals surface area contributed by atoms with Crippen LogP contribution in [0.4, 0.5) is 4.79 Å². The first-order valence-electron chi connectivity index (χ1n) is 5.27. The SMILES string of the molecule is CC(C)CCOCCNC(=O)NC(=O)CCl. The molecule has 0 radical (unpaired) electrons. The van der Waals surface area contributed by atoms with Crippen molar-refractivity contribution in [2.75, 3.05) is 25.6 Å². The average molecular weight is 251 g/mol. The van der Waals surface area contributed by atoms with Crippen molar-refractivity contribution in [2.45, 2.75) is 20.3 Å². The molecule has 0 aliphatic carbocycles. The molecule has 0 saturated heterocycles. The van der Waals surface area contributed by atoms with E-state index in [9.17, 15) is 9.59 Å². The standard InChI is InChI=1S/C10H19ClN2O3/c1-8(2)3-5-16-6-4-12-10(15)13-9(14)7-11/h8H,3-7H2,1-2H3,(H2,12,13,14,15). The Morgan fingerprint density at radius 3 is 2.56 bits per heavy atom. The van der Waals surface area contributed by atoms with Crippen LogP contribution in [0.5, 0.6) is 0 Å². The Hall–Kier alpha value is -0.810. The third-order valence-electron chi connectivity index (χ3n) is 1.75. The van der Waals surface area contributed by atoms with Crippen molar-refractivity contribution in [3.8, 4) is 0 Å². The van der Waals surface area contributed by atoms with E-state index < -0.39 is 11.9 Å². The molecular formula is C10H19ClN2O3. The van der Waals surface area contributed by atoms with Gasteiger partial charge in [-0.3, -0.25) is 10.1 Å². The molecule has 0 unspecified atom stereocenters. The van der Waals surface area contributed by atoms with Crippen molar-refractivity contribution in [3.63, 3.8) is 0 Å². The summed E-state index contributed by atoms with van der Waals surface area (Å²) in [5.74, 6) is -0.129. The smallest absolute Gasteiger partial charge is 0.321 e. The molecule has 3 amide bonds. The fraction of sp³-hybridized carbons (Fsp3) is 0.800. The number of ether oxygens (including phenoxy) is 1. The topological polar surface area (TPSA) is 67.4 Å². The summed E-state index contributed by atoms with van der Waals surface area (Å²) in [5.41, 5.74) is 0. The van der Waals surface area contributed by atoms with Gasteiger partial charge in [-0.25, -0.2) is 4.79 Å². The second kappa shape index (κ2) is 9.42. The molecule has 0 aromatic rings. The number of rotatable bonds is 7. The Kier molecular flexibility index (Phi) is 8.94. The molecule has 0 bridgehead atoms. The van der Waals surface area contributed by atoms with Gasteiger partial charge in [-0.2, -0.15) is 0 Å². The average Bonchev–Trinajstić information content (AvgIpc) is 2.22. The third-order valence-corrected chi connectivity index (χ3v) is 1.99. The van der Waals surface area contributed by atoms with Crippen LogP contribution in [0.1, 0.15) is 20.3 Å². The lowest BCUT2D eigenvalue weighted by molar-refractivity contribution is -0.117. The number of nitrogens with one attached hydrogen (secondary N) is 2. The fourth-order valence-electron chi connectivity index (χ4n) is 0.862. The maximum Gasteiger partial charge on any atom is 0.321 e. The maximum atomic E-state index is 11.0. The number of carbonyl (C=O) groups excluding carboxylic acids is 2. The van der Waals surface area contributed by atoms with Gasteiger partial charge in [0, 0.05) is 13.2 Å². The second-order valence-electron chi connectivity index (χ2n) is 3.73. The lowest BCUT2D eigenvalue weighted by atomic mass is 10.1. The lowest BCUT2D eigenvalue weighted by Crippen LogP contribution is -2.41. The predicted molar refractivity (Wildman–Crippen MR) is 62.5 cm³/mol. The predicted octanol–water partition coefficient (Wildman–Crippen LogP) is 1.11. The van der Waals surface area contributed by atoms with E-state index in [1.165, 1.54) is 0 Å². The molecule has 0 saturated carbocycles. The Balaban J connectivity index is 3.31. The molecule has 0 spiro atoms. The van der Waals surface area contributed by atoms with Gasteiger partial charge in [-0.1, -0.05) is 13.8 Å². The summed E-state index contributed by atoms with van der Waals surface area (Å²) < 4.78 is 5.27. The van der Waals surface area contributed by atoms with E-state index in [1.807, 2.05) is 0 Å². The van der Waals surface area contributed by atoms with Crippen LogP contribution in [-0.2, 0) is 9.53 Å². The van der Waals surface area contributed by atoms with Crippen LogP contribution in [0.3, 0.4) is 0 Å². The first kappa shape index (κ1) is 15.2. The summed E-state index contributed by atoms with van der Waals surface area (Å²) >= 11 is 5.21. The maximum absolute atomic E-state index is 11.0. The van der Waals surface area contributed by atoms with E-state index in [0.29, 0.717) is 25.7 Å². The highest BCUT2D eigenvalue weighted by molar-refractivity contribution is 6.28. The van der Waals surface area contributed by atoms with Crippen LogP contribution >= 0.6 is 11.6 Å². The number of carbonyl (C=O) groups is 2. The van der Waals surface area contributed by atoms with Gasteiger partial charge in [-0.15, -0.1) is 11.6 Å². The number of urea groups is 1. The minimum Gasteiger partial charge on any atom is -0.380 e. The van der Waals surface area contributed by atoms with E-state index in [2.05, 4.69) is 24.5 Å². The molecule has 0 rings (SSSR count). The molecule has 0 fully saturated rings. The number of hydrogen-bond donors (Lipinski definition) is 2. The summed E-state index contributed by atoms with van der Waals surface area (Å²) in [5, 5.41) is 4.54. The van der Waals surface area contributed by atoms with Crippen molar-refractivity contribution < 1.29 is 14.3 Å². The summed E-state index contributed by atoms with van der Waals surface area (Å²) in [6, 6.07) is -0.543. The molecule has 2 N–H and O–H groups in total. The van der Waals surface area contributed by atoms with Gasteiger partial charge in [0.1, 0.15) is 5.88 Å². The van der Waals surface area contributed by atoms with Crippen LogP contribution in [0.15, 0.2) is 0 Å². The fourth-order valence-corrected chi connectivity index (χ4v) is 0.929. The monoisotopic (exact) mass is 250 g/mol. The molecule has 0 heterocycles. The molecule has 0 aromatic carbocycles. The first-order valence-corrected chi connectivity index (χ1v) is 5.81. The highest BCUT2D eigenvalue weighted by atomic mass is 35.5. The largest absolute Gasteiger partial charge is 0.380 e. The van der Waals surface area contributed by atoms with Crippen molar-refractivity contribution >= 4 is 23.5 Å². The highest BCUT2D eigenvalue weighted by Crippen LogP contribution is 1.98.